The molecule has 0 radical (unpaired) electrons. The molecule has 0 aliphatic rings. The van der Waals surface area contributed by atoms with Gasteiger partial charge in [-0.25, -0.2) is 0 Å². The van der Waals surface area contributed by atoms with Crippen LogP contribution in [0.25, 0.3) is 0 Å². The van der Waals surface area contributed by atoms with Gasteiger partial charge >= 0.3 is 5.97 Å². The first-order chi connectivity index (χ1) is 5.85. The lowest BCUT2D eigenvalue weighted by atomic mass is 10.2. The number of esters is 1. The highest BCUT2D eigenvalue weighted by Crippen LogP contribution is 2.06. The predicted molar refractivity (Wildman–Crippen MR) is 52.4 cm³/mol. The monoisotopic (exact) mass is 188 g/mol. The zero-order chi connectivity index (χ0) is 10.5. The minimum atomic E-state index is -0.402. The second-order valence-electron chi connectivity index (χ2n) is 4.11. The number of rotatable bonds is 4. The molecular weight excluding hydrogens is 168 g/mol. The first kappa shape index (κ1) is 12.4. The van der Waals surface area contributed by atoms with Crippen molar-refractivity contribution < 1.29 is 9.53 Å². The molecule has 0 aromatic carbocycles. The molecule has 0 fully saturated rings. The highest BCUT2D eigenvalue weighted by molar-refractivity contribution is 5.72. The molecule has 0 rings (SSSR count). The van der Waals surface area contributed by atoms with Gasteiger partial charge in [0.2, 0.25) is 0 Å². The van der Waals surface area contributed by atoms with E-state index in [2.05, 4.69) is 0 Å². The van der Waals surface area contributed by atoms with Crippen molar-refractivity contribution >= 4 is 5.97 Å². The Balaban J connectivity index is 3.74. The first-order valence-corrected chi connectivity index (χ1v) is 4.45. The molecule has 4 nitrogen and oxygen atoms in total. The summed E-state index contributed by atoms with van der Waals surface area (Å²) in [4.78, 5) is 13.1. The van der Waals surface area contributed by atoms with Gasteiger partial charge in [-0.1, -0.05) is 0 Å². The van der Waals surface area contributed by atoms with Gasteiger partial charge < -0.3 is 10.5 Å². The Morgan fingerprint density at radius 3 is 2.38 bits per heavy atom. The van der Waals surface area contributed by atoms with Crippen LogP contribution in [0.2, 0.25) is 0 Å². The van der Waals surface area contributed by atoms with E-state index < -0.39 is 5.60 Å². The van der Waals surface area contributed by atoms with Crippen LogP contribution < -0.4 is 5.73 Å². The number of nitrogens with zero attached hydrogens (tertiary/aromatic N) is 1. The molecule has 0 unspecified atom stereocenters. The molecule has 0 bridgehead atoms. The fraction of sp³-hybridized carbons (Fsp3) is 0.889. The molecule has 4 heteroatoms. The van der Waals surface area contributed by atoms with Gasteiger partial charge in [0, 0.05) is 13.1 Å². The van der Waals surface area contributed by atoms with E-state index in [4.69, 9.17) is 10.5 Å². The van der Waals surface area contributed by atoms with Gasteiger partial charge in [-0.15, -0.1) is 0 Å². The SMILES string of the molecule is CN(CCN)CC(=O)OC(C)(C)C. The maximum atomic E-state index is 11.2. The fourth-order valence-electron chi connectivity index (χ4n) is 0.894. The average molecular weight is 188 g/mol. The smallest absolute Gasteiger partial charge is 0.320 e. The topological polar surface area (TPSA) is 55.6 Å². The van der Waals surface area contributed by atoms with E-state index in [1.165, 1.54) is 0 Å². The second-order valence-corrected chi connectivity index (χ2v) is 4.11. The Morgan fingerprint density at radius 1 is 1.46 bits per heavy atom. The van der Waals surface area contributed by atoms with Crippen LogP contribution in [0.5, 0.6) is 0 Å². The molecule has 2 N–H and O–H groups in total. The minimum absolute atomic E-state index is 0.205. The lowest BCUT2D eigenvalue weighted by Crippen LogP contribution is -2.35. The summed E-state index contributed by atoms with van der Waals surface area (Å²) < 4.78 is 5.13. The van der Waals surface area contributed by atoms with Gasteiger partial charge in [-0.3, -0.25) is 9.69 Å². The normalized spacial score (nSPS) is 11.8. The molecule has 78 valence electrons. The van der Waals surface area contributed by atoms with Crippen molar-refractivity contribution in [2.75, 3.05) is 26.7 Å². The molecule has 13 heavy (non-hydrogen) atoms. The van der Waals surface area contributed by atoms with E-state index in [9.17, 15) is 4.79 Å². The molecule has 0 spiro atoms. The third-order valence-electron chi connectivity index (χ3n) is 1.33. The van der Waals surface area contributed by atoms with E-state index >= 15 is 0 Å². The summed E-state index contributed by atoms with van der Waals surface area (Å²) in [5.74, 6) is -0.205. The highest BCUT2D eigenvalue weighted by Gasteiger charge is 2.16. The summed E-state index contributed by atoms with van der Waals surface area (Å²) in [6.07, 6.45) is 0. The molecule has 0 aromatic heterocycles. The number of carbonyl (C=O) groups excluding carboxylic acids is 1. The third-order valence-corrected chi connectivity index (χ3v) is 1.33. The van der Waals surface area contributed by atoms with Crippen LogP contribution in [-0.2, 0) is 9.53 Å². The number of nitrogens with two attached hydrogens (primary N) is 1. The van der Waals surface area contributed by atoms with Gasteiger partial charge in [0.05, 0.1) is 6.54 Å². The molecular formula is C9H20N2O2. The minimum Gasteiger partial charge on any atom is -0.459 e. The summed E-state index contributed by atoms with van der Waals surface area (Å²) in [5.41, 5.74) is 4.94. The largest absolute Gasteiger partial charge is 0.459 e. The van der Waals surface area contributed by atoms with E-state index in [0.717, 1.165) is 0 Å². The molecule has 0 aliphatic heterocycles. The van der Waals surface area contributed by atoms with E-state index in [-0.39, 0.29) is 5.97 Å². The van der Waals surface area contributed by atoms with Gasteiger partial charge in [-0.2, -0.15) is 0 Å². The van der Waals surface area contributed by atoms with E-state index in [0.29, 0.717) is 19.6 Å². The lowest BCUT2D eigenvalue weighted by Gasteiger charge is -2.22. The maximum Gasteiger partial charge on any atom is 0.320 e. The van der Waals surface area contributed by atoms with Crippen LogP contribution in [-0.4, -0.2) is 43.2 Å². The van der Waals surface area contributed by atoms with Gasteiger partial charge in [-0.05, 0) is 27.8 Å². The van der Waals surface area contributed by atoms with E-state index in [1.807, 2.05) is 32.7 Å². The fourth-order valence-corrected chi connectivity index (χ4v) is 0.894. The Hall–Kier alpha value is -0.610. The van der Waals surface area contributed by atoms with Gasteiger partial charge in [0.15, 0.2) is 0 Å². The summed E-state index contributed by atoms with van der Waals surface area (Å²) in [5, 5.41) is 0. The molecule has 0 aliphatic carbocycles. The first-order valence-electron chi connectivity index (χ1n) is 4.45. The van der Waals surface area contributed by atoms with E-state index in [1.54, 1.807) is 0 Å². The molecule has 0 atom stereocenters. The van der Waals surface area contributed by atoms with Crippen LogP contribution in [0.3, 0.4) is 0 Å². The average Bonchev–Trinajstić information content (AvgIpc) is 1.81. The number of hydrogen-bond acceptors (Lipinski definition) is 4. The van der Waals surface area contributed by atoms with Crippen LogP contribution in [0, 0.1) is 0 Å². The summed E-state index contributed by atoms with van der Waals surface area (Å²) in [7, 11) is 1.84. The Morgan fingerprint density at radius 2 is 2.00 bits per heavy atom. The van der Waals surface area contributed by atoms with Crippen molar-refractivity contribution in [1.29, 1.82) is 0 Å². The molecule has 0 aromatic rings. The molecule has 0 saturated heterocycles. The molecule has 0 heterocycles. The van der Waals surface area contributed by atoms with Crippen molar-refractivity contribution in [2.24, 2.45) is 5.73 Å². The van der Waals surface area contributed by atoms with Gasteiger partial charge in [0.25, 0.3) is 0 Å². The van der Waals surface area contributed by atoms with Crippen LogP contribution in [0.4, 0.5) is 0 Å². The standard InChI is InChI=1S/C9H20N2O2/c1-9(2,3)13-8(12)7-11(4)6-5-10/h5-7,10H2,1-4H3. The number of carbonyl (C=O) groups is 1. The maximum absolute atomic E-state index is 11.2. The summed E-state index contributed by atoms with van der Waals surface area (Å²) in [6.45, 7) is 7.13. The lowest BCUT2D eigenvalue weighted by molar-refractivity contribution is -0.155. The van der Waals surface area contributed by atoms with Crippen molar-refractivity contribution in [2.45, 2.75) is 26.4 Å². The Labute approximate surface area is 80.0 Å². The number of likely N-dealkylation sites (N-methyl/N-ethyl adjacent to an activating group) is 1. The van der Waals surface area contributed by atoms with Crippen molar-refractivity contribution in [1.82, 2.24) is 4.90 Å². The Bertz CT molecular complexity index is 163. The molecule has 0 amide bonds. The zero-order valence-corrected chi connectivity index (χ0v) is 8.96. The second kappa shape index (κ2) is 5.19. The summed E-state index contributed by atoms with van der Waals surface area (Å²) in [6, 6.07) is 0. The summed E-state index contributed by atoms with van der Waals surface area (Å²) >= 11 is 0. The van der Waals surface area contributed by atoms with Crippen molar-refractivity contribution in [3.05, 3.63) is 0 Å². The third kappa shape index (κ3) is 7.74. The van der Waals surface area contributed by atoms with Crippen LogP contribution in [0.1, 0.15) is 20.8 Å². The predicted octanol–water partition coefficient (Wildman–Crippen LogP) is 0.219. The van der Waals surface area contributed by atoms with Crippen LogP contribution >= 0.6 is 0 Å². The highest BCUT2D eigenvalue weighted by atomic mass is 16.6. The van der Waals surface area contributed by atoms with Crippen molar-refractivity contribution in [3.8, 4) is 0 Å². The Kier molecular flexibility index (Phi) is 4.95. The zero-order valence-electron chi connectivity index (χ0n) is 8.96. The quantitative estimate of drug-likeness (QED) is 0.641. The number of hydrogen-bond donors (Lipinski definition) is 1. The van der Waals surface area contributed by atoms with Gasteiger partial charge in [0.1, 0.15) is 5.60 Å². The number of ether oxygens (including phenoxy) is 1. The van der Waals surface area contributed by atoms with Crippen LogP contribution in [0.15, 0.2) is 0 Å². The molecule has 0 saturated carbocycles. The van der Waals surface area contributed by atoms with Crippen molar-refractivity contribution in [3.63, 3.8) is 0 Å².